The summed E-state index contributed by atoms with van der Waals surface area (Å²) >= 11 is 0. The van der Waals surface area contributed by atoms with Gasteiger partial charge in [-0.1, -0.05) is 30.3 Å². The van der Waals surface area contributed by atoms with Gasteiger partial charge in [-0.2, -0.15) is 0 Å². The molecule has 0 unspecified atom stereocenters. The van der Waals surface area contributed by atoms with Crippen molar-refractivity contribution in [3.63, 3.8) is 0 Å². The van der Waals surface area contributed by atoms with Gasteiger partial charge in [-0.15, -0.1) is 0 Å². The SMILES string of the molecule is [C-]#[N+]c1c(F)cc(-c2cc3cc[n+](C)c4c5c(C)ccc6c7ccccc7n(c(c2)c34)c65)cc1F. The molecule has 7 aromatic rings. The van der Waals surface area contributed by atoms with Gasteiger partial charge in [0.15, 0.2) is 6.20 Å². The molecule has 0 saturated heterocycles. The van der Waals surface area contributed by atoms with Gasteiger partial charge in [0.05, 0.1) is 33.9 Å². The van der Waals surface area contributed by atoms with Gasteiger partial charge in [0.1, 0.15) is 18.7 Å². The largest absolute Gasteiger partial charge is 0.307 e. The van der Waals surface area contributed by atoms with Crippen LogP contribution in [-0.4, -0.2) is 4.40 Å². The Labute approximate surface area is 199 Å². The molecule has 3 heterocycles. The lowest BCUT2D eigenvalue weighted by molar-refractivity contribution is -0.643. The molecule has 0 fully saturated rings. The monoisotopic (exact) mass is 458 g/mol. The maximum atomic E-state index is 14.5. The van der Waals surface area contributed by atoms with E-state index < -0.39 is 17.3 Å². The van der Waals surface area contributed by atoms with Gasteiger partial charge in [0.25, 0.3) is 5.69 Å². The summed E-state index contributed by atoms with van der Waals surface area (Å²) in [6, 6.07) is 21.2. The Morgan fingerprint density at radius 2 is 1.57 bits per heavy atom. The van der Waals surface area contributed by atoms with Gasteiger partial charge in [0, 0.05) is 16.8 Å². The van der Waals surface area contributed by atoms with Gasteiger partial charge in [-0.25, -0.2) is 18.2 Å². The molecule has 0 aliphatic rings. The van der Waals surface area contributed by atoms with Crippen molar-refractivity contribution >= 4 is 54.7 Å². The quantitative estimate of drug-likeness (QED) is 0.104. The first-order valence-corrected chi connectivity index (χ1v) is 11.3. The average molecular weight is 458 g/mol. The fourth-order valence-corrected chi connectivity index (χ4v) is 5.67. The number of fused-ring (bicyclic) bond motifs is 5. The highest BCUT2D eigenvalue weighted by Crippen LogP contribution is 2.42. The van der Waals surface area contributed by atoms with Crippen LogP contribution in [0.2, 0.25) is 0 Å². The molecule has 3 nitrogen and oxygen atoms in total. The lowest BCUT2D eigenvalue weighted by Gasteiger charge is -2.14. The van der Waals surface area contributed by atoms with Crippen molar-refractivity contribution in [2.24, 2.45) is 7.05 Å². The lowest BCUT2D eigenvalue weighted by Crippen LogP contribution is -2.28. The second kappa shape index (κ2) is 6.74. The van der Waals surface area contributed by atoms with Crippen molar-refractivity contribution in [3.05, 3.63) is 102 Å². The number of nitrogens with zero attached hydrogens (tertiary/aromatic N) is 3. The molecule has 35 heavy (non-hydrogen) atoms. The molecular formula is C30H18F2N3+. The summed E-state index contributed by atoms with van der Waals surface area (Å²) in [5, 5.41) is 5.62. The first-order valence-electron chi connectivity index (χ1n) is 11.3. The van der Waals surface area contributed by atoms with Crippen LogP contribution in [0, 0.1) is 25.1 Å². The standard InChI is InChI=1S/C30H18F2N3/c1-16-8-9-21-20-6-4-5-7-24(20)35-25-15-18(19-13-22(31)28(33-2)23(32)14-19)12-17-10-11-34(3)30(27(17)25)26(16)29(21)35/h4-15H,1,3H3/q+1. The normalized spacial score (nSPS) is 12.0. The predicted molar refractivity (Wildman–Crippen MR) is 136 cm³/mol. The summed E-state index contributed by atoms with van der Waals surface area (Å²) in [5.41, 5.74) is 6.05. The highest BCUT2D eigenvalue weighted by molar-refractivity contribution is 6.26. The van der Waals surface area contributed by atoms with Crippen molar-refractivity contribution in [2.75, 3.05) is 0 Å². The molecule has 0 spiro atoms. The first-order chi connectivity index (χ1) is 17.0. The van der Waals surface area contributed by atoms with Crippen LogP contribution in [0.15, 0.2) is 72.9 Å². The first kappa shape index (κ1) is 19.9. The van der Waals surface area contributed by atoms with Crippen molar-refractivity contribution in [3.8, 4) is 11.1 Å². The number of para-hydroxylation sites is 1. The molecule has 166 valence electrons. The van der Waals surface area contributed by atoms with E-state index in [1.165, 1.54) is 28.5 Å². The van der Waals surface area contributed by atoms with Crippen LogP contribution in [0.1, 0.15) is 5.56 Å². The molecule has 7 rings (SSSR count). The molecule has 0 N–H and O–H groups in total. The fourth-order valence-electron chi connectivity index (χ4n) is 5.67. The van der Waals surface area contributed by atoms with E-state index in [0.29, 0.717) is 11.1 Å². The van der Waals surface area contributed by atoms with Gasteiger partial charge < -0.3 is 4.40 Å². The summed E-state index contributed by atoms with van der Waals surface area (Å²) in [5.74, 6) is -1.70. The molecule has 0 atom stereocenters. The van der Waals surface area contributed by atoms with Crippen LogP contribution in [-0.2, 0) is 7.05 Å². The van der Waals surface area contributed by atoms with Crippen LogP contribution in [0.25, 0.3) is 65.0 Å². The topological polar surface area (TPSA) is 12.7 Å². The number of hydrogen-bond donors (Lipinski definition) is 0. The van der Waals surface area contributed by atoms with Crippen LogP contribution >= 0.6 is 0 Å². The van der Waals surface area contributed by atoms with Crippen molar-refractivity contribution in [1.82, 2.24) is 4.40 Å². The minimum absolute atomic E-state index is 0.406. The van der Waals surface area contributed by atoms with Crippen molar-refractivity contribution in [2.45, 2.75) is 6.92 Å². The molecule has 0 saturated carbocycles. The van der Waals surface area contributed by atoms with Crippen molar-refractivity contribution < 1.29 is 13.3 Å². The molecular weight excluding hydrogens is 440 g/mol. The Hall–Kier alpha value is -4.56. The highest BCUT2D eigenvalue weighted by Gasteiger charge is 2.24. The summed E-state index contributed by atoms with van der Waals surface area (Å²) < 4.78 is 33.5. The molecule has 0 aliphatic carbocycles. The van der Waals surface area contributed by atoms with E-state index in [2.05, 4.69) is 52.0 Å². The zero-order valence-electron chi connectivity index (χ0n) is 19.0. The second-order valence-electron chi connectivity index (χ2n) is 9.14. The minimum atomic E-state index is -0.848. The number of rotatable bonds is 1. The zero-order chi connectivity index (χ0) is 24.0. The van der Waals surface area contributed by atoms with E-state index >= 15 is 0 Å². The third-order valence-corrected chi connectivity index (χ3v) is 7.20. The summed E-state index contributed by atoms with van der Waals surface area (Å²) in [7, 11) is 2.05. The van der Waals surface area contributed by atoms with E-state index in [-0.39, 0.29) is 0 Å². The fraction of sp³-hybridized carbons (Fsp3) is 0.0667. The van der Waals surface area contributed by atoms with E-state index in [0.717, 1.165) is 38.2 Å². The Kier molecular flexibility index (Phi) is 3.83. The third-order valence-electron chi connectivity index (χ3n) is 7.20. The highest BCUT2D eigenvalue weighted by atomic mass is 19.1. The number of benzene rings is 4. The second-order valence-corrected chi connectivity index (χ2v) is 9.14. The Balaban J connectivity index is 1.76. The molecule has 0 aliphatic heterocycles. The Bertz CT molecular complexity index is 2040. The number of pyridine rings is 2. The average Bonchev–Trinajstić information content (AvgIpc) is 3.19. The maximum absolute atomic E-state index is 14.5. The Morgan fingerprint density at radius 1 is 0.829 bits per heavy atom. The van der Waals surface area contributed by atoms with Crippen molar-refractivity contribution in [1.29, 1.82) is 0 Å². The van der Waals surface area contributed by atoms with Gasteiger partial charge in [-0.05, 0) is 59.3 Å². The number of hydrogen-bond acceptors (Lipinski definition) is 0. The molecule has 5 heteroatoms. The predicted octanol–water partition coefficient (Wildman–Crippen LogP) is 7.62. The van der Waals surface area contributed by atoms with Crippen LogP contribution in [0.4, 0.5) is 14.5 Å². The van der Waals surface area contributed by atoms with Crippen LogP contribution in [0.3, 0.4) is 0 Å². The van der Waals surface area contributed by atoms with Gasteiger partial charge in [0.2, 0.25) is 5.52 Å². The smallest absolute Gasteiger partial charge is 0.256 e. The maximum Gasteiger partial charge on any atom is 0.256 e. The van der Waals surface area contributed by atoms with Crippen LogP contribution in [0.5, 0.6) is 0 Å². The molecule has 0 bridgehead atoms. The van der Waals surface area contributed by atoms with Crippen LogP contribution < -0.4 is 4.57 Å². The minimum Gasteiger partial charge on any atom is -0.307 e. The number of aromatic nitrogens is 2. The molecule has 0 radical (unpaired) electrons. The summed E-state index contributed by atoms with van der Waals surface area (Å²) in [6.45, 7) is 9.21. The third kappa shape index (κ3) is 2.49. The van der Waals surface area contributed by atoms with E-state index in [9.17, 15) is 8.78 Å². The molecule has 4 aromatic carbocycles. The number of halogens is 2. The van der Waals surface area contributed by atoms with E-state index in [1.807, 2.05) is 36.5 Å². The van der Waals surface area contributed by atoms with E-state index in [1.54, 1.807) is 0 Å². The summed E-state index contributed by atoms with van der Waals surface area (Å²) in [4.78, 5) is 3.00. The Morgan fingerprint density at radius 3 is 2.34 bits per heavy atom. The van der Waals surface area contributed by atoms with E-state index in [4.69, 9.17) is 6.57 Å². The lowest BCUT2D eigenvalue weighted by atomic mass is 9.96. The zero-order valence-corrected chi connectivity index (χ0v) is 19.0. The molecule has 0 amide bonds. The summed E-state index contributed by atoms with van der Waals surface area (Å²) in [6.07, 6.45) is 2.03. The van der Waals surface area contributed by atoms with Gasteiger partial charge >= 0.3 is 0 Å². The number of aryl methyl sites for hydroxylation is 2. The van der Waals surface area contributed by atoms with Gasteiger partial charge in [-0.3, -0.25) is 0 Å². The molecule has 3 aromatic heterocycles.